The summed E-state index contributed by atoms with van der Waals surface area (Å²) >= 11 is 5.57. The molecule has 1 saturated heterocycles. The summed E-state index contributed by atoms with van der Waals surface area (Å²) in [6, 6.07) is 7.44. The molecule has 1 N–H and O–H groups in total. The van der Waals surface area contributed by atoms with E-state index in [0.29, 0.717) is 5.56 Å². The lowest BCUT2D eigenvalue weighted by atomic mass is 10.1. The van der Waals surface area contributed by atoms with Crippen molar-refractivity contribution in [2.75, 3.05) is 31.5 Å². The van der Waals surface area contributed by atoms with E-state index in [9.17, 15) is 4.79 Å². The van der Waals surface area contributed by atoms with Crippen LogP contribution in [0.4, 0.5) is 5.69 Å². The van der Waals surface area contributed by atoms with E-state index < -0.39 is 0 Å². The average Bonchev–Trinajstić information content (AvgIpc) is 2.89. The number of carbonyl (C=O) groups is 1. The molecule has 0 spiro atoms. The maximum Gasteiger partial charge on any atom is 0.173 e. The highest BCUT2D eigenvalue weighted by atomic mass is 32.1. The molecule has 1 aliphatic rings. The molecule has 7 heteroatoms. The van der Waals surface area contributed by atoms with Crippen LogP contribution in [0.5, 0.6) is 0 Å². The first-order valence-corrected chi connectivity index (χ1v) is 9.64. The maximum atomic E-state index is 11.4. The minimum atomic E-state index is 0.0688. The Kier molecular flexibility index (Phi) is 5.92. The first-order chi connectivity index (χ1) is 12.8. The summed E-state index contributed by atoms with van der Waals surface area (Å²) in [5.74, 6) is 0.0688. The smallest absolute Gasteiger partial charge is 0.173 e. The lowest BCUT2D eigenvalue weighted by molar-refractivity contribution is 0.101. The minimum absolute atomic E-state index is 0.0688. The first-order valence-electron chi connectivity index (χ1n) is 9.23. The molecule has 1 aromatic heterocycles. The van der Waals surface area contributed by atoms with Gasteiger partial charge >= 0.3 is 0 Å². The van der Waals surface area contributed by atoms with Crippen molar-refractivity contribution in [3.63, 3.8) is 0 Å². The zero-order valence-electron chi connectivity index (χ0n) is 16.5. The Balaban J connectivity index is 1.52. The number of aryl methyl sites for hydroxylation is 2. The molecule has 1 aromatic carbocycles. The quantitative estimate of drug-likeness (QED) is 0.645. The van der Waals surface area contributed by atoms with E-state index in [1.165, 1.54) is 11.3 Å². The number of aromatic nitrogens is 2. The van der Waals surface area contributed by atoms with Gasteiger partial charge in [-0.2, -0.15) is 5.10 Å². The number of hydrogen-bond donors (Lipinski definition) is 1. The number of ketones is 1. The van der Waals surface area contributed by atoms with Gasteiger partial charge in [-0.15, -0.1) is 0 Å². The molecule has 0 atom stereocenters. The van der Waals surface area contributed by atoms with Crippen molar-refractivity contribution in [3.05, 3.63) is 46.8 Å². The number of benzene rings is 1. The van der Waals surface area contributed by atoms with E-state index in [1.807, 2.05) is 36.0 Å². The predicted molar refractivity (Wildman–Crippen MR) is 112 cm³/mol. The van der Waals surface area contributed by atoms with Crippen LogP contribution in [0.2, 0.25) is 0 Å². The number of anilines is 1. The number of rotatable bonds is 4. The van der Waals surface area contributed by atoms with Crippen LogP contribution in [0.25, 0.3) is 0 Å². The van der Waals surface area contributed by atoms with E-state index in [2.05, 4.69) is 34.1 Å². The zero-order chi connectivity index (χ0) is 19.6. The van der Waals surface area contributed by atoms with Crippen molar-refractivity contribution < 1.29 is 4.79 Å². The van der Waals surface area contributed by atoms with Gasteiger partial charge in [0.15, 0.2) is 10.9 Å². The van der Waals surface area contributed by atoms with Gasteiger partial charge in [0.05, 0.1) is 5.69 Å². The van der Waals surface area contributed by atoms with E-state index >= 15 is 0 Å². The molecule has 1 aliphatic heterocycles. The Morgan fingerprint density at radius 1 is 1.15 bits per heavy atom. The summed E-state index contributed by atoms with van der Waals surface area (Å²) < 4.78 is 1.96. The number of Topliss-reactive ketones (excluding diaryl/α,β-unsaturated/α-hetero) is 1. The number of hydrogen-bond acceptors (Lipinski definition) is 4. The van der Waals surface area contributed by atoms with E-state index in [-0.39, 0.29) is 5.78 Å². The molecule has 0 bridgehead atoms. The highest BCUT2D eigenvalue weighted by Crippen LogP contribution is 2.17. The molecule has 3 rings (SSSR count). The van der Waals surface area contributed by atoms with Crippen molar-refractivity contribution in [1.29, 1.82) is 0 Å². The molecule has 0 saturated carbocycles. The van der Waals surface area contributed by atoms with Crippen molar-refractivity contribution in [2.45, 2.75) is 27.3 Å². The molecule has 0 amide bonds. The van der Waals surface area contributed by atoms with Crippen LogP contribution in [0.1, 0.15) is 34.2 Å². The predicted octanol–water partition coefficient (Wildman–Crippen LogP) is 2.75. The first kappa shape index (κ1) is 19.5. The number of thiocarbonyl (C=S) groups is 1. The summed E-state index contributed by atoms with van der Waals surface area (Å²) in [5, 5.41) is 8.52. The number of carbonyl (C=O) groups excluding carboxylic acids is 1. The van der Waals surface area contributed by atoms with Crippen LogP contribution in [0, 0.1) is 13.8 Å². The molecule has 2 aromatic rings. The molecule has 1 fully saturated rings. The molecule has 6 nitrogen and oxygen atoms in total. The van der Waals surface area contributed by atoms with Crippen LogP contribution in [-0.4, -0.2) is 56.7 Å². The normalized spacial score (nSPS) is 15.0. The number of nitrogens with one attached hydrogen (secondary N) is 1. The van der Waals surface area contributed by atoms with E-state index in [1.54, 1.807) is 6.92 Å². The van der Waals surface area contributed by atoms with Crippen LogP contribution in [0.3, 0.4) is 0 Å². The van der Waals surface area contributed by atoms with Gasteiger partial charge in [0, 0.05) is 62.3 Å². The lowest BCUT2D eigenvalue weighted by Crippen LogP contribution is -2.49. The third-order valence-corrected chi connectivity index (χ3v) is 5.60. The van der Waals surface area contributed by atoms with Crippen molar-refractivity contribution in [1.82, 2.24) is 19.6 Å². The molecule has 2 heterocycles. The largest absolute Gasteiger partial charge is 0.346 e. The van der Waals surface area contributed by atoms with Gasteiger partial charge in [-0.1, -0.05) is 0 Å². The van der Waals surface area contributed by atoms with Gasteiger partial charge in [-0.25, -0.2) is 0 Å². The second-order valence-corrected chi connectivity index (χ2v) is 7.49. The zero-order valence-corrected chi connectivity index (χ0v) is 17.3. The fraction of sp³-hybridized carbons (Fsp3) is 0.450. The molecule has 0 radical (unpaired) electrons. The van der Waals surface area contributed by atoms with Gasteiger partial charge in [0.25, 0.3) is 0 Å². The Bertz CT molecular complexity index is 835. The van der Waals surface area contributed by atoms with Crippen molar-refractivity contribution in [2.24, 2.45) is 7.05 Å². The van der Waals surface area contributed by atoms with Crippen molar-refractivity contribution in [3.8, 4) is 0 Å². The average molecular weight is 386 g/mol. The SMILES string of the molecule is CC(=O)c1ccc(NC(=S)N2CCN(Cc3c(C)nn(C)c3C)CC2)cc1. The Morgan fingerprint density at radius 2 is 1.78 bits per heavy atom. The highest BCUT2D eigenvalue weighted by molar-refractivity contribution is 7.80. The second kappa shape index (κ2) is 8.19. The summed E-state index contributed by atoms with van der Waals surface area (Å²) in [6.45, 7) is 10.5. The van der Waals surface area contributed by atoms with Gasteiger partial charge < -0.3 is 10.2 Å². The number of nitrogens with zero attached hydrogens (tertiary/aromatic N) is 4. The van der Waals surface area contributed by atoms with Crippen molar-refractivity contribution >= 4 is 28.8 Å². The monoisotopic (exact) mass is 385 g/mol. The van der Waals surface area contributed by atoms with Gasteiger partial charge in [0.1, 0.15) is 0 Å². The summed E-state index contributed by atoms with van der Waals surface area (Å²) in [5.41, 5.74) is 5.30. The third-order valence-electron chi connectivity index (χ3n) is 5.24. The molecular weight excluding hydrogens is 358 g/mol. The van der Waals surface area contributed by atoms with E-state index in [4.69, 9.17) is 12.2 Å². The van der Waals surface area contributed by atoms with Crippen LogP contribution < -0.4 is 5.32 Å². The van der Waals surface area contributed by atoms with Crippen LogP contribution >= 0.6 is 12.2 Å². The van der Waals surface area contributed by atoms with Gasteiger partial charge in [-0.05, 0) is 57.3 Å². The summed E-state index contributed by atoms with van der Waals surface area (Å²) in [6.07, 6.45) is 0. The highest BCUT2D eigenvalue weighted by Gasteiger charge is 2.21. The fourth-order valence-electron chi connectivity index (χ4n) is 3.37. The van der Waals surface area contributed by atoms with Crippen LogP contribution in [-0.2, 0) is 13.6 Å². The standard InChI is InChI=1S/C20H27N5OS/c1-14-19(15(2)23(4)22-14)13-24-9-11-25(12-10-24)20(27)21-18-7-5-17(6-8-18)16(3)26/h5-8H,9-13H2,1-4H3,(H,21,27). The molecule has 27 heavy (non-hydrogen) atoms. The lowest BCUT2D eigenvalue weighted by Gasteiger charge is -2.36. The molecule has 0 aliphatic carbocycles. The topological polar surface area (TPSA) is 53.4 Å². The second-order valence-electron chi connectivity index (χ2n) is 7.10. The molecule has 144 valence electrons. The summed E-state index contributed by atoms with van der Waals surface area (Å²) in [7, 11) is 2.00. The van der Waals surface area contributed by atoms with Crippen LogP contribution in [0.15, 0.2) is 24.3 Å². The van der Waals surface area contributed by atoms with Gasteiger partial charge in [-0.3, -0.25) is 14.4 Å². The molecular formula is C20H27N5OS. The maximum absolute atomic E-state index is 11.4. The third kappa shape index (κ3) is 4.54. The van der Waals surface area contributed by atoms with E-state index in [0.717, 1.165) is 49.2 Å². The molecule has 0 unspecified atom stereocenters. The Hall–Kier alpha value is -2.25. The Labute approximate surface area is 166 Å². The number of piperazine rings is 1. The Morgan fingerprint density at radius 3 is 2.30 bits per heavy atom. The minimum Gasteiger partial charge on any atom is -0.346 e. The summed E-state index contributed by atoms with van der Waals surface area (Å²) in [4.78, 5) is 16.0. The van der Waals surface area contributed by atoms with Gasteiger partial charge in [0.2, 0.25) is 0 Å². The fourth-order valence-corrected chi connectivity index (χ4v) is 3.67.